The van der Waals surface area contributed by atoms with Gasteiger partial charge in [0.1, 0.15) is 0 Å². The predicted molar refractivity (Wildman–Crippen MR) is 107 cm³/mol. The molecule has 25 heavy (non-hydrogen) atoms. The van der Waals surface area contributed by atoms with E-state index in [1.54, 1.807) is 11.3 Å². The van der Waals surface area contributed by atoms with Crippen LogP contribution >= 0.6 is 23.1 Å². The van der Waals surface area contributed by atoms with Crippen molar-refractivity contribution in [3.05, 3.63) is 65.0 Å². The van der Waals surface area contributed by atoms with Gasteiger partial charge in [-0.05, 0) is 32.4 Å². The van der Waals surface area contributed by atoms with Crippen LogP contribution in [0.4, 0.5) is 5.69 Å². The monoisotopic (exact) mass is 368 g/mol. The minimum Gasteiger partial charge on any atom is -0.325 e. The molecule has 1 atom stereocenters. The minimum absolute atomic E-state index is 0.00610. The molecular weight excluding hydrogens is 348 g/mol. The van der Waals surface area contributed by atoms with E-state index in [1.165, 1.54) is 17.3 Å². The average Bonchev–Trinajstić information content (AvgIpc) is 3.06. The Bertz CT molecular complexity index is 874. The number of nitrogens with zero attached hydrogens (tertiary/aromatic N) is 1. The van der Waals surface area contributed by atoms with Gasteiger partial charge in [0.05, 0.1) is 10.9 Å². The number of hydrogen-bond donors (Lipinski definition) is 1. The Morgan fingerprint density at radius 1 is 1.16 bits per heavy atom. The SMILES string of the molecule is Cc1ccc(NC(=O)[C@H](C)Sc2nc(-c3ccccc3)cs2)c(C)c1. The van der Waals surface area contributed by atoms with E-state index in [2.05, 4.69) is 16.4 Å². The Balaban J connectivity index is 1.65. The molecule has 0 spiro atoms. The maximum atomic E-state index is 12.5. The van der Waals surface area contributed by atoms with Crippen molar-refractivity contribution in [3.8, 4) is 11.3 Å². The first-order valence-electron chi connectivity index (χ1n) is 8.08. The van der Waals surface area contributed by atoms with Gasteiger partial charge in [-0.2, -0.15) is 0 Å². The number of aromatic nitrogens is 1. The molecule has 0 aliphatic rings. The van der Waals surface area contributed by atoms with Crippen molar-refractivity contribution in [1.29, 1.82) is 0 Å². The standard InChI is InChI=1S/C20H20N2OS2/c1-13-9-10-17(14(2)11-13)21-19(23)15(3)25-20-22-18(12-24-20)16-7-5-4-6-8-16/h4-12,15H,1-3H3,(H,21,23)/t15-/m0/s1. The summed E-state index contributed by atoms with van der Waals surface area (Å²) in [7, 11) is 0. The Labute approximate surface area is 156 Å². The van der Waals surface area contributed by atoms with Gasteiger partial charge in [0.2, 0.25) is 5.91 Å². The second-order valence-corrected chi connectivity index (χ2v) is 8.38. The first kappa shape index (κ1) is 17.7. The first-order chi connectivity index (χ1) is 12.0. The van der Waals surface area contributed by atoms with Crippen LogP contribution in [0.1, 0.15) is 18.1 Å². The highest BCUT2D eigenvalue weighted by molar-refractivity contribution is 8.02. The van der Waals surface area contributed by atoms with E-state index in [0.29, 0.717) is 0 Å². The number of benzene rings is 2. The van der Waals surface area contributed by atoms with Crippen LogP contribution in [-0.4, -0.2) is 16.1 Å². The molecule has 2 aromatic carbocycles. The van der Waals surface area contributed by atoms with Crippen LogP contribution in [0, 0.1) is 13.8 Å². The Morgan fingerprint density at radius 2 is 1.92 bits per heavy atom. The molecule has 1 heterocycles. The molecule has 3 nitrogen and oxygen atoms in total. The predicted octanol–water partition coefficient (Wildman–Crippen LogP) is 5.55. The molecule has 0 aliphatic heterocycles. The molecule has 3 rings (SSSR count). The van der Waals surface area contributed by atoms with Gasteiger partial charge in [-0.25, -0.2) is 4.98 Å². The summed E-state index contributed by atoms with van der Waals surface area (Å²) in [6, 6.07) is 16.1. The smallest absolute Gasteiger partial charge is 0.237 e. The zero-order valence-corrected chi connectivity index (χ0v) is 16.1. The summed E-state index contributed by atoms with van der Waals surface area (Å²) in [4.78, 5) is 17.1. The lowest BCUT2D eigenvalue weighted by Crippen LogP contribution is -2.22. The molecule has 1 aromatic heterocycles. The minimum atomic E-state index is -0.213. The van der Waals surface area contributed by atoms with Gasteiger partial charge in [0.25, 0.3) is 0 Å². The zero-order valence-electron chi connectivity index (χ0n) is 14.4. The fourth-order valence-electron chi connectivity index (χ4n) is 2.45. The lowest BCUT2D eigenvalue weighted by atomic mass is 10.1. The second kappa shape index (κ2) is 7.85. The van der Waals surface area contributed by atoms with Gasteiger partial charge in [0.15, 0.2) is 4.34 Å². The third kappa shape index (κ3) is 4.50. The molecule has 0 aliphatic carbocycles. The van der Waals surface area contributed by atoms with Crippen LogP contribution in [0.5, 0.6) is 0 Å². The van der Waals surface area contributed by atoms with E-state index in [-0.39, 0.29) is 11.2 Å². The molecule has 128 valence electrons. The summed E-state index contributed by atoms with van der Waals surface area (Å²) in [6.45, 7) is 5.96. The maximum Gasteiger partial charge on any atom is 0.237 e. The first-order valence-corrected chi connectivity index (χ1v) is 9.84. The summed E-state index contributed by atoms with van der Waals surface area (Å²) >= 11 is 3.06. The summed E-state index contributed by atoms with van der Waals surface area (Å²) in [5.41, 5.74) is 5.18. The lowest BCUT2D eigenvalue weighted by molar-refractivity contribution is -0.115. The number of carbonyl (C=O) groups is 1. The van der Waals surface area contributed by atoms with Crippen LogP contribution in [0.25, 0.3) is 11.3 Å². The number of amides is 1. The number of nitrogens with one attached hydrogen (secondary N) is 1. The van der Waals surface area contributed by atoms with E-state index in [9.17, 15) is 4.79 Å². The molecule has 0 saturated carbocycles. The van der Waals surface area contributed by atoms with Crippen LogP contribution in [0.15, 0.2) is 58.3 Å². The van der Waals surface area contributed by atoms with Gasteiger partial charge in [-0.1, -0.05) is 59.8 Å². The fourth-order valence-corrected chi connectivity index (χ4v) is 4.42. The molecule has 1 amide bonds. The Morgan fingerprint density at radius 3 is 2.64 bits per heavy atom. The Kier molecular flexibility index (Phi) is 5.56. The van der Waals surface area contributed by atoms with Gasteiger partial charge in [0, 0.05) is 16.6 Å². The van der Waals surface area contributed by atoms with Gasteiger partial charge >= 0.3 is 0 Å². The number of thioether (sulfide) groups is 1. The molecule has 0 saturated heterocycles. The number of hydrogen-bond acceptors (Lipinski definition) is 4. The highest BCUT2D eigenvalue weighted by Crippen LogP contribution is 2.31. The van der Waals surface area contributed by atoms with Gasteiger partial charge < -0.3 is 5.32 Å². The van der Waals surface area contributed by atoms with Crippen molar-refractivity contribution in [2.24, 2.45) is 0 Å². The fraction of sp³-hybridized carbons (Fsp3) is 0.200. The van der Waals surface area contributed by atoms with E-state index >= 15 is 0 Å². The molecule has 0 fully saturated rings. The van der Waals surface area contributed by atoms with Crippen molar-refractivity contribution in [2.45, 2.75) is 30.4 Å². The van der Waals surface area contributed by atoms with E-state index in [0.717, 1.165) is 26.8 Å². The molecule has 3 aromatic rings. The summed E-state index contributed by atoms with van der Waals surface area (Å²) in [5, 5.41) is 4.83. The van der Waals surface area contributed by atoms with Crippen molar-refractivity contribution in [3.63, 3.8) is 0 Å². The molecule has 0 radical (unpaired) electrons. The van der Waals surface area contributed by atoms with Gasteiger partial charge in [-0.15, -0.1) is 11.3 Å². The van der Waals surface area contributed by atoms with E-state index < -0.39 is 0 Å². The van der Waals surface area contributed by atoms with E-state index in [4.69, 9.17) is 0 Å². The Hall–Kier alpha value is -2.11. The van der Waals surface area contributed by atoms with Crippen LogP contribution in [-0.2, 0) is 4.79 Å². The lowest BCUT2D eigenvalue weighted by Gasteiger charge is -2.12. The molecule has 0 unspecified atom stereocenters. The highest BCUT2D eigenvalue weighted by Gasteiger charge is 2.17. The van der Waals surface area contributed by atoms with Crippen molar-refractivity contribution in [2.75, 3.05) is 5.32 Å². The summed E-state index contributed by atoms with van der Waals surface area (Å²) in [6.07, 6.45) is 0. The largest absolute Gasteiger partial charge is 0.325 e. The maximum absolute atomic E-state index is 12.5. The quantitative estimate of drug-likeness (QED) is 0.601. The third-order valence-electron chi connectivity index (χ3n) is 3.84. The highest BCUT2D eigenvalue weighted by atomic mass is 32.2. The average molecular weight is 369 g/mol. The molecule has 5 heteroatoms. The normalized spacial score (nSPS) is 12.0. The zero-order chi connectivity index (χ0) is 17.8. The number of carbonyl (C=O) groups excluding carboxylic acids is 1. The van der Waals surface area contributed by atoms with Crippen LogP contribution in [0.2, 0.25) is 0 Å². The number of aryl methyl sites for hydroxylation is 2. The van der Waals surface area contributed by atoms with Crippen molar-refractivity contribution < 1.29 is 4.79 Å². The summed E-state index contributed by atoms with van der Waals surface area (Å²) < 4.78 is 0.905. The van der Waals surface area contributed by atoms with Crippen LogP contribution < -0.4 is 5.32 Å². The number of thiazole rings is 1. The van der Waals surface area contributed by atoms with Gasteiger partial charge in [-0.3, -0.25) is 4.79 Å². The van der Waals surface area contributed by atoms with Crippen molar-refractivity contribution in [1.82, 2.24) is 4.98 Å². The summed E-state index contributed by atoms with van der Waals surface area (Å²) in [5.74, 6) is -0.00610. The third-order valence-corrected chi connectivity index (χ3v) is 5.91. The number of anilines is 1. The topological polar surface area (TPSA) is 42.0 Å². The second-order valence-electron chi connectivity index (χ2n) is 5.93. The van der Waals surface area contributed by atoms with Crippen molar-refractivity contribution >= 4 is 34.7 Å². The van der Waals surface area contributed by atoms with Crippen LogP contribution in [0.3, 0.4) is 0 Å². The van der Waals surface area contributed by atoms with E-state index in [1.807, 2.05) is 68.6 Å². The molecular formula is C20H20N2OS2. The number of rotatable bonds is 5. The molecule has 1 N–H and O–H groups in total. The molecule has 0 bridgehead atoms.